The highest BCUT2D eigenvalue weighted by Gasteiger charge is 2.39. The van der Waals surface area contributed by atoms with Crippen LogP contribution in [0.25, 0.3) is 5.69 Å². The fourth-order valence-electron chi connectivity index (χ4n) is 3.15. The molecular weight excluding hydrogens is 554 g/mol. The first kappa shape index (κ1) is 28.3. The maximum atomic E-state index is 13.2. The molecule has 3 aromatic rings. The van der Waals surface area contributed by atoms with Crippen LogP contribution in [0.3, 0.4) is 0 Å². The van der Waals surface area contributed by atoms with Crippen molar-refractivity contribution in [2.45, 2.75) is 24.7 Å². The number of alkyl halides is 12. The highest BCUT2D eigenvalue weighted by atomic mass is 19.4. The Morgan fingerprint density at radius 1 is 0.711 bits per heavy atom. The van der Waals surface area contributed by atoms with Gasteiger partial charge in [0.25, 0.3) is 0 Å². The second-order valence-electron chi connectivity index (χ2n) is 7.44. The van der Waals surface area contributed by atoms with Crippen LogP contribution in [-0.4, -0.2) is 15.6 Å². The topological polar surface area (TPSA) is 81.7 Å². The Morgan fingerprint density at radius 3 is 1.42 bits per heavy atom. The van der Waals surface area contributed by atoms with E-state index in [0.717, 1.165) is 6.07 Å². The highest BCUT2D eigenvalue weighted by molar-refractivity contribution is 6.12. The number of hydrogen-bond donors (Lipinski definition) is 0. The quantitative estimate of drug-likeness (QED) is 0.286. The molecule has 0 fully saturated rings. The predicted octanol–water partition coefficient (Wildman–Crippen LogP) is 6.12. The summed E-state index contributed by atoms with van der Waals surface area (Å²) in [6.45, 7) is 0. The maximum absolute atomic E-state index is 13.2. The number of carbonyl (C=O) groups excluding carboxylic acids is 1. The Kier molecular flexibility index (Phi) is 6.68. The average molecular weight is 560 g/mol. The third-order valence-electron chi connectivity index (χ3n) is 4.84. The molecule has 1 heterocycles. The number of hydrogen-bond acceptors (Lipinski definition) is 4. The fourth-order valence-corrected chi connectivity index (χ4v) is 3.15. The first-order valence-electron chi connectivity index (χ1n) is 9.48. The summed E-state index contributed by atoms with van der Waals surface area (Å²) in [6.07, 6.45) is -21.6. The molecule has 5 nitrogen and oxygen atoms in total. The van der Waals surface area contributed by atoms with Crippen molar-refractivity contribution >= 4 is 5.78 Å². The van der Waals surface area contributed by atoms with E-state index in [4.69, 9.17) is 0 Å². The summed E-state index contributed by atoms with van der Waals surface area (Å²) >= 11 is 0. The van der Waals surface area contributed by atoms with Gasteiger partial charge in [-0.15, -0.1) is 0 Å². The SMILES string of the molecule is N#Cc1nn(-c2cc(C(F)(F)F)cc(C(F)(F)F)c2)c([O-])c1C(=O)c1cc(C(F)(F)F)cc(C(F)(F)F)c1. The Morgan fingerprint density at radius 2 is 1.08 bits per heavy atom. The standard InChI is InChI=1S/C21H7F12N3O2/c22-18(23,24)9-1-8(2-10(3-9)19(25,26)27)16(37)15-14(7-34)35-36(17(15)38)13-5-11(20(28,29)30)4-12(6-13)21(31,32)33/h1-6,38H/p-1. The van der Waals surface area contributed by atoms with Gasteiger partial charge in [0.05, 0.1) is 33.5 Å². The Bertz CT molecular complexity index is 1390. The molecule has 1 aromatic heterocycles. The van der Waals surface area contributed by atoms with Crippen LogP contribution in [0.2, 0.25) is 0 Å². The van der Waals surface area contributed by atoms with Crippen LogP contribution in [0.5, 0.6) is 5.88 Å². The van der Waals surface area contributed by atoms with Gasteiger partial charge in [0.15, 0.2) is 11.5 Å². The summed E-state index contributed by atoms with van der Waals surface area (Å²) in [5, 5.41) is 25.1. The summed E-state index contributed by atoms with van der Waals surface area (Å²) in [6, 6.07) is 0.310. The summed E-state index contributed by atoms with van der Waals surface area (Å²) in [4.78, 5) is 12.8. The highest BCUT2D eigenvalue weighted by Crippen LogP contribution is 2.39. The van der Waals surface area contributed by atoms with Crippen molar-refractivity contribution in [2.24, 2.45) is 0 Å². The summed E-state index contributed by atoms with van der Waals surface area (Å²) in [7, 11) is 0. The van der Waals surface area contributed by atoms with Crippen LogP contribution in [0.1, 0.15) is 43.9 Å². The van der Waals surface area contributed by atoms with Crippen LogP contribution >= 0.6 is 0 Å². The molecule has 0 spiro atoms. The van der Waals surface area contributed by atoms with Gasteiger partial charge in [-0.2, -0.15) is 63.0 Å². The molecule has 0 unspecified atom stereocenters. The van der Waals surface area contributed by atoms with E-state index in [9.17, 15) is 67.8 Å². The van der Waals surface area contributed by atoms with Crippen LogP contribution in [0, 0.1) is 11.3 Å². The van der Waals surface area contributed by atoms with E-state index in [-0.39, 0.29) is 41.1 Å². The zero-order chi connectivity index (χ0) is 29.0. The lowest BCUT2D eigenvalue weighted by Crippen LogP contribution is -2.15. The van der Waals surface area contributed by atoms with E-state index in [1.54, 1.807) is 0 Å². The summed E-state index contributed by atoms with van der Waals surface area (Å²) < 4.78 is 157. The number of carbonyl (C=O) groups is 1. The van der Waals surface area contributed by atoms with Crippen LogP contribution in [0.4, 0.5) is 52.7 Å². The monoisotopic (exact) mass is 560 g/mol. The zero-order valence-electron chi connectivity index (χ0n) is 17.7. The average Bonchev–Trinajstić information content (AvgIpc) is 3.11. The summed E-state index contributed by atoms with van der Waals surface area (Å²) in [5.74, 6) is -3.79. The van der Waals surface area contributed by atoms with Crippen molar-refractivity contribution in [3.63, 3.8) is 0 Å². The third kappa shape index (κ3) is 5.53. The number of aromatic nitrogens is 2. The van der Waals surface area contributed by atoms with Crippen LogP contribution in [-0.2, 0) is 24.7 Å². The van der Waals surface area contributed by atoms with Crippen molar-refractivity contribution in [1.82, 2.24) is 9.78 Å². The lowest BCUT2D eigenvalue weighted by Gasteiger charge is -2.17. The molecule has 0 saturated heterocycles. The smallest absolute Gasteiger partial charge is 0.416 e. The van der Waals surface area contributed by atoms with Crippen LogP contribution < -0.4 is 5.11 Å². The predicted molar refractivity (Wildman–Crippen MR) is 97.6 cm³/mol. The molecule has 0 aliphatic heterocycles. The molecule has 0 radical (unpaired) electrons. The zero-order valence-corrected chi connectivity index (χ0v) is 17.7. The van der Waals surface area contributed by atoms with Crippen LogP contribution in [0.15, 0.2) is 36.4 Å². The Balaban J connectivity index is 2.28. The van der Waals surface area contributed by atoms with Gasteiger partial charge in [0.1, 0.15) is 6.07 Å². The number of ketones is 1. The fraction of sp³-hybridized carbons (Fsp3) is 0.190. The minimum Gasteiger partial charge on any atom is -0.858 e. The number of nitrogens with zero attached hydrogens (tertiary/aromatic N) is 3. The molecule has 38 heavy (non-hydrogen) atoms. The van der Waals surface area contributed by atoms with Gasteiger partial charge in [0.2, 0.25) is 0 Å². The van der Waals surface area contributed by atoms with Crippen molar-refractivity contribution in [3.05, 3.63) is 75.5 Å². The molecule has 202 valence electrons. The molecule has 0 saturated carbocycles. The van der Waals surface area contributed by atoms with Gasteiger partial charge in [-0.25, -0.2) is 4.68 Å². The molecule has 0 aliphatic rings. The second-order valence-corrected chi connectivity index (χ2v) is 7.44. The Hall–Kier alpha value is -4.23. The number of halogens is 12. The van der Waals surface area contributed by atoms with Crippen molar-refractivity contribution < 1.29 is 62.6 Å². The van der Waals surface area contributed by atoms with Gasteiger partial charge in [-0.3, -0.25) is 4.79 Å². The van der Waals surface area contributed by atoms with E-state index < -0.39 is 81.1 Å². The molecule has 0 N–H and O–H groups in total. The van der Waals surface area contributed by atoms with E-state index in [0.29, 0.717) is 0 Å². The maximum Gasteiger partial charge on any atom is 0.416 e. The van der Waals surface area contributed by atoms with Gasteiger partial charge in [-0.1, -0.05) is 0 Å². The Labute approximate surface area is 202 Å². The molecule has 0 bridgehead atoms. The van der Waals surface area contributed by atoms with E-state index in [2.05, 4.69) is 5.10 Å². The minimum absolute atomic E-state index is 0.00504. The first-order valence-corrected chi connectivity index (χ1v) is 9.48. The van der Waals surface area contributed by atoms with Crippen molar-refractivity contribution in [2.75, 3.05) is 0 Å². The van der Waals surface area contributed by atoms with Gasteiger partial charge in [-0.05, 0) is 36.4 Å². The number of rotatable bonds is 3. The molecule has 3 rings (SSSR count). The molecular formula is C21H6F12N3O2-. The van der Waals surface area contributed by atoms with E-state index in [1.807, 2.05) is 0 Å². The second kappa shape index (κ2) is 8.96. The molecule has 0 atom stereocenters. The number of nitriles is 1. The van der Waals surface area contributed by atoms with Gasteiger partial charge in [0, 0.05) is 11.4 Å². The summed E-state index contributed by atoms with van der Waals surface area (Å²) in [5.41, 5.74) is -13.2. The van der Waals surface area contributed by atoms with E-state index >= 15 is 0 Å². The number of benzene rings is 2. The minimum atomic E-state index is -5.41. The molecule has 2 aromatic carbocycles. The molecule has 0 aliphatic carbocycles. The third-order valence-corrected chi connectivity index (χ3v) is 4.84. The molecule has 17 heteroatoms. The van der Waals surface area contributed by atoms with Gasteiger partial charge < -0.3 is 5.11 Å². The van der Waals surface area contributed by atoms with Crippen molar-refractivity contribution in [1.29, 1.82) is 5.26 Å². The lowest BCUT2D eigenvalue weighted by molar-refractivity contribution is -0.278. The first-order chi connectivity index (χ1) is 17.1. The van der Waals surface area contributed by atoms with Crippen molar-refractivity contribution in [3.8, 4) is 17.6 Å². The van der Waals surface area contributed by atoms with E-state index in [1.165, 1.54) is 0 Å². The lowest BCUT2D eigenvalue weighted by atomic mass is 9.98. The normalized spacial score (nSPS) is 12.9. The molecule has 0 amide bonds. The van der Waals surface area contributed by atoms with Gasteiger partial charge >= 0.3 is 24.7 Å². The largest absolute Gasteiger partial charge is 0.858 e.